The molecule has 34 heavy (non-hydrogen) atoms. The molecule has 0 radical (unpaired) electrons. The maximum absolute atomic E-state index is 13.6. The SMILES string of the molecule is Cn1nnc(C(C=CC(O)CC(O)CCC(=O)O)=C(c2ccc(F)cc2)c2ccc(F)cc2)n1. The van der Waals surface area contributed by atoms with Crippen molar-refractivity contribution in [1.29, 1.82) is 0 Å². The fraction of sp³-hybridized carbons (Fsp3) is 0.250. The lowest BCUT2D eigenvalue weighted by Crippen LogP contribution is -2.17. The van der Waals surface area contributed by atoms with E-state index in [1.165, 1.54) is 35.1 Å². The predicted octanol–water partition coefficient (Wildman–Crippen LogP) is 2.98. The molecule has 1 heterocycles. The number of rotatable bonds is 10. The van der Waals surface area contributed by atoms with Crippen LogP contribution in [-0.4, -0.2) is 53.7 Å². The van der Waals surface area contributed by atoms with Crippen molar-refractivity contribution in [3.8, 4) is 0 Å². The lowest BCUT2D eigenvalue weighted by molar-refractivity contribution is -0.137. The van der Waals surface area contributed by atoms with Crippen LogP contribution >= 0.6 is 0 Å². The van der Waals surface area contributed by atoms with Gasteiger partial charge in [0.25, 0.3) is 0 Å². The van der Waals surface area contributed by atoms with E-state index >= 15 is 0 Å². The molecule has 10 heteroatoms. The smallest absolute Gasteiger partial charge is 0.303 e. The molecule has 1 aromatic heterocycles. The highest BCUT2D eigenvalue weighted by molar-refractivity contribution is 6.00. The van der Waals surface area contributed by atoms with E-state index < -0.39 is 29.8 Å². The molecule has 3 rings (SSSR count). The lowest BCUT2D eigenvalue weighted by atomic mass is 9.92. The molecule has 0 aliphatic rings. The van der Waals surface area contributed by atoms with Crippen LogP contribution in [-0.2, 0) is 11.8 Å². The minimum absolute atomic E-state index is 0.00501. The summed E-state index contributed by atoms with van der Waals surface area (Å²) in [6, 6.07) is 11.4. The van der Waals surface area contributed by atoms with Gasteiger partial charge in [-0.15, -0.1) is 10.2 Å². The van der Waals surface area contributed by atoms with Gasteiger partial charge in [0, 0.05) is 24.0 Å². The largest absolute Gasteiger partial charge is 0.481 e. The number of carboxylic acids is 1. The van der Waals surface area contributed by atoms with Gasteiger partial charge in [0.15, 0.2) is 0 Å². The van der Waals surface area contributed by atoms with Gasteiger partial charge in [-0.3, -0.25) is 4.79 Å². The van der Waals surface area contributed by atoms with Gasteiger partial charge in [-0.05, 0) is 47.0 Å². The average Bonchev–Trinajstić information content (AvgIpc) is 3.23. The number of nitrogens with zero attached hydrogens (tertiary/aromatic N) is 4. The number of tetrazole rings is 1. The summed E-state index contributed by atoms with van der Waals surface area (Å²) in [5, 5.41) is 41.3. The van der Waals surface area contributed by atoms with Crippen LogP contribution in [0.2, 0.25) is 0 Å². The summed E-state index contributed by atoms with van der Waals surface area (Å²) in [5.41, 5.74) is 2.15. The zero-order chi connectivity index (χ0) is 24.7. The monoisotopic (exact) mass is 470 g/mol. The number of aliphatic hydroxyl groups excluding tert-OH is 2. The van der Waals surface area contributed by atoms with Crippen LogP contribution in [0.15, 0.2) is 60.7 Å². The van der Waals surface area contributed by atoms with E-state index in [0.717, 1.165) is 0 Å². The summed E-state index contributed by atoms with van der Waals surface area (Å²) in [6.07, 6.45) is 0.574. The van der Waals surface area contributed by atoms with Crippen molar-refractivity contribution in [2.45, 2.75) is 31.5 Å². The molecular formula is C24H24F2N4O4. The number of aliphatic carboxylic acids is 1. The van der Waals surface area contributed by atoms with Gasteiger partial charge >= 0.3 is 5.97 Å². The Morgan fingerprint density at radius 3 is 2.06 bits per heavy atom. The molecule has 2 atom stereocenters. The molecule has 0 spiro atoms. The minimum Gasteiger partial charge on any atom is -0.481 e. The number of hydrogen-bond donors (Lipinski definition) is 3. The van der Waals surface area contributed by atoms with E-state index in [2.05, 4.69) is 15.4 Å². The van der Waals surface area contributed by atoms with Gasteiger partial charge in [-0.1, -0.05) is 36.4 Å². The summed E-state index contributed by atoms with van der Waals surface area (Å²) < 4.78 is 27.2. The Labute approximate surface area is 194 Å². The van der Waals surface area contributed by atoms with Crippen LogP contribution in [0.3, 0.4) is 0 Å². The maximum atomic E-state index is 13.6. The van der Waals surface area contributed by atoms with Gasteiger partial charge in [-0.25, -0.2) is 8.78 Å². The average molecular weight is 470 g/mol. The summed E-state index contributed by atoms with van der Waals surface area (Å²) in [5.74, 6) is -1.68. The van der Waals surface area contributed by atoms with Crippen LogP contribution in [0.1, 0.15) is 36.2 Å². The molecule has 178 valence electrons. The second-order valence-electron chi connectivity index (χ2n) is 7.65. The highest BCUT2D eigenvalue weighted by atomic mass is 19.1. The zero-order valence-electron chi connectivity index (χ0n) is 18.3. The van der Waals surface area contributed by atoms with E-state index in [1.807, 2.05) is 0 Å². The Morgan fingerprint density at radius 1 is 1.03 bits per heavy atom. The molecule has 2 unspecified atom stereocenters. The van der Waals surface area contributed by atoms with Gasteiger partial charge in [-0.2, -0.15) is 4.80 Å². The first-order chi connectivity index (χ1) is 16.2. The molecule has 0 aliphatic carbocycles. The molecule has 0 saturated carbocycles. The number of benzene rings is 2. The molecule has 0 saturated heterocycles. The van der Waals surface area contributed by atoms with Crippen molar-refractivity contribution >= 4 is 17.1 Å². The first-order valence-corrected chi connectivity index (χ1v) is 10.5. The molecule has 3 N–H and O–H groups in total. The highest BCUT2D eigenvalue weighted by Gasteiger charge is 2.18. The van der Waals surface area contributed by atoms with Crippen LogP contribution in [0.5, 0.6) is 0 Å². The molecule has 3 aromatic rings. The number of carbonyl (C=O) groups is 1. The summed E-state index contributed by atoms with van der Waals surface area (Å²) in [4.78, 5) is 11.9. The second kappa shape index (κ2) is 11.4. The number of aliphatic hydroxyl groups is 2. The van der Waals surface area contributed by atoms with Gasteiger partial charge in [0.2, 0.25) is 5.82 Å². The third kappa shape index (κ3) is 6.87. The third-order valence-electron chi connectivity index (χ3n) is 4.97. The van der Waals surface area contributed by atoms with Crippen molar-refractivity contribution < 1.29 is 28.9 Å². The molecule has 0 fully saturated rings. The first kappa shape index (κ1) is 24.9. The van der Waals surface area contributed by atoms with Crippen molar-refractivity contribution in [2.75, 3.05) is 0 Å². The minimum atomic E-state index is -1.10. The summed E-state index contributed by atoms with van der Waals surface area (Å²) >= 11 is 0. The van der Waals surface area contributed by atoms with Crippen LogP contribution in [0.4, 0.5) is 8.78 Å². The van der Waals surface area contributed by atoms with Crippen molar-refractivity contribution in [2.24, 2.45) is 7.05 Å². The fourth-order valence-electron chi connectivity index (χ4n) is 3.34. The third-order valence-corrected chi connectivity index (χ3v) is 4.97. The van der Waals surface area contributed by atoms with E-state index in [-0.39, 0.29) is 25.1 Å². The predicted molar refractivity (Wildman–Crippen MR) is 120 cm³/mol. The standard InChI is InChI=1S/C24H24F2N4O4/c1-30-28-24(27-29-30)21(12-10-19(31)14-20(32)11-13-22(33)34)23(15-2-6-17(25)7-3-15)16-4-8-18(26)9-5-16/h2-10,12,19-20,31-32H,11,13-14H2,1H3,(H,33,34). The molecule has 2 aromatic carbocycles. The number of carboxylic acid groups (broad SMARTS) is 1. The first-order valence-electron chi connectivity index (χ1n) is 10.5. The molecule has 0 bridgehead atoms. The Morgan fingerprint density at radius 2 is 1.59 bits per heavy atom. The number of aryl methyl sites for hydroxylation is 1. The Bertz CT molecular complexity index is 1130. The van der Waals surface area contributed by atoms with Crippen molar-refractivity contribution in [3.63, 3.8) is 0 Å². The normalized spacial score (nSPS) is 13.1. The van der Waals surface area contributed by atoms with Crippen LogP contribution in [0.25, 0.3) is 11.1 Å². The summed E-state index contributed by atoms with van der Waals surface area (Å²) in [7, 11) is 1.58. The topological polar surface area (TPSA) is 121 Å². The molecular weight excluding hydrogens is 446 g/mol. The quantitative estimate of drug-likeness (QED) is 0.390. The number of allylic oxidation sites excluding steroid dienone is 2. The molecule has 0 aliphatic heterocycles. The zero-order valence-corrected chi connectivity index (χ0v) is 18.3. The van der Waals surface area contributed by atoms with Crippen LogP contribution < -0.4 is 0 Å². The van der Waals surface area contributed by atoms with Crippen molar-refractivity contribution in [1.82, 2.24) is 20.2 Å². The van der Waals surface area contributed by atoms with E-state index in [9.17, 15) is 23.8 Å². The van der Waals surface area contributed by atoms with Gasteiger partial charge in [0.05, 0.1) is 19.3 Å². The van der Waals surface area contributed by atoms with E-state index in [0.29, 0.717) is 22.3 Å². The lowest BCUT2D eigenvalue weighted by Gasteiger charge is -2.14. The Hall–Kier alpha value is -3.76. The van der Waals surface area contributed by atoms with Crippen molar-refractivity contribution in [3.05, 3.63) is 89.3 Å². The Balaban J connectivity index is 2.06. The van der Waals surface area contributed by atoms with E-state index in [4.69, 9.17) is 5.11 Å². The molecule has 0 amide bonds. The highest BCUT2D eigenvalue weighted by Crippen LogP contribution is 2.32. The number of aromatic nitrogens is 4. The number of hydrogen-bond acceptors (Lipinski definition) is 6. The van der Waals surface area contributed by atoms with Gasteiger partial charge < -0.3 is 15.3 Å². The number of halogens is 2. The fourth-order valence-corrected chi connectivity index (χ4v) is 3.34. The van der Waals surface area contributed by atoms with Gasteiger partial charge in [0.1, 0.15) is 11.6 Å². The second-order valence-corrected chi connectivity index (χ2v) is 7.65. The maximum Gasteiger partial charge on any atom is 0.303 e. The molecule has 8 nitrogen and oxygen atoms in total. The van der Waals surface area contributed by atoms with E-state index in [1.54, 1.807) is 37.4 Å². The van der Waals surface area contributed by atoms with Crippen LogP contribution in [0, 0.1) is 11.6 Å². The summed E-state index contributed by atoms with van der Waals surface area (Å²) in [6.45, 7) is 0. The Kier molecular flexibility index (Phi) is 8.34.